The van der Waals surface area contributed by atoms with Gasteiger partial charge in [0.05, 0.1) is 30.5 Å². The first kappa shape index (κ1) is 22.3. The number of carbonyl (C=O) groups excluding carboxylic acids is 3. The molecule has 1 atom stereocenters. The molecular weight excluding hydrogens is 424 g/mol. The van der Waals surface area contributed by atoms with Crippen LogP contribution in [-0.4, -0.2) is 51.0 Å². The molecule has 0 aromatic heterocycles. The molecular formula is C21H22N2O7S. The lowest BCUT2D eigenvalue weighted by atomic mass is 10.1. The van der Waals surface area contributed by atoms with Crippen molar-refractivity contribution in [3.8, 4) is 11.5 Å². The van der Waals surface area contributed by atoms with Crippen molar-refractivity contribution in [1.82, 2.24) is 4.90 Å². The number of carbonyl (C=O) groups is 3. The SMILES string of the molecule is CCOc1cc(C(N2C(=O)c3cccc(NC(C)=O)c3C2=O)S(C)(=O)=O)ccc1OC. The van der Waals surface area contributed by atoms with E-state index in [9.17, 15) is 22.8 Å². The van der Waals surface area contributed by atoms with Gasteiger partial charge in [-0.2, -0.15) is 0 Å². The van der Waals surface area contributed by atoms with Gasteiger partial charge < -0.3 is 14.8 Å². The van der Waals surface area contributed by atoms with Gasteiger partial charge in [0, 0.05) is 13.2 Å². The Balaban J connectivity index is 2.16. The minimum atomic E-state index is -3.97. The minimum Gasteiger partial charge on any atom is -0.493 e. The highest BCUT2D eigenvalue weighted by Gasteiger charge is 2.46. The largest absolute Gasteiger partial charge is 0.493 e. The first-order valence-electron chi connectivity index (χ1n) is 9.38. The number of nitrogens with zero attached hydrogens (tertiary/aromatic N) is 1. The Morgan fingerprint density at radius 2 is 1.84 bits per heavy atom. The number of benzene rings is 2. The number of rotatable bonds is 7. The Morgan fingerprint density at radius 1 is 1.13 bits per heavy atom. The van der Waals surface area contributed by atoms with Crippen LogP contribution in [0.5, 0.6) is 11.5 Å². The molecule has 2 aromatic carbocycles. The van der Waals surface area contributed by atoms with E-state index in [1.165, 1.54) is 50.4 Å². The van der Waals surface area contributed by atoms with Crippen molar-refractivity contribution in [2.24, 2.45) is 0 Å². The molecule has 10 heteroatoms. The fourth-order valence-corrected chi connectivity index (χ4v) is 4.73. The highest BCUT2D eigenvalue weighted by atomic mass is 32.2. The molecule has 0 radical (unpaired) electrons. The Labute approximate surface area is 179 Å². The van der Waals surface area contributed by atoms with Crippen molar-refractivity contribution < 1.29 is 32.3 Å². The molecule has 0 saturated heterocycles. The van der Waals surface area contributed by atoms with E-state index in [1.807, 2.05) is 0 Å². The number of hydrogen-bond acceptors (Lipinski definition) is 7. The molecule has 164 valence electrons. The summed E-state index contributed by atoms with van der Waals surface area (Å²) in [5, 5.41) is 0.923. The van der Waals surface area contributed by atoms with Crippen molar-refractivity contribution >= 4 is 33.2 Å². The number of fused-ring (bicyclic) bond motifs is 1. The van der Waals surface area contributed by atoms with E-state index in [2.05, 4.69) is 5.32 Å². The number of ether oxygens (including phenoxy) is 2. The van der Waals surface area contributed by atoms with Crippen molar-refractivity contribution in [1.29, 1.82) is 0 Å². The average molecular weight is 446 g/mol. The first-order valence-corrected chi connectivity index (χ1v) is 11.3. The number of anilines is 1. The van der Waals surface area contributed by atoms with Crippen LogP contribution in [-0.2, 0) is 14.6 Å². The van der Waals surface area contributed by atoms with Gasteiger partial charge >= 0.3 is 0 Å². The van der Waals surface area contributed by atoms with E-state index in [-0.39, 0.29) is 28.1 Å². The number of methoxy groups -OCH3 is 1. The van der Waals surface area contributed by atoms with E-state index >= 15 is 0 Å². The van der Waals surface area contributed by atoms with Gasteiger partial charge in [-0.1, -0.05) is 12.1 Å². The number of sulfone groups is 1. The number of imide groups is 1. The molecule has 1 unspecified atom stereocenters. The fourth-order valence-electron chi connectivity index (χ4n) is 3.51. The molecule has 0 aliphatic carbocycles. The van der Waals surface area contributed by atoms with Gasteiger partial charge in [-0.05, 0) is 36.8 Å². The summed E-state index contributed by atoms with van der Waals surface area (Å²) in [5.74, 6) is -1.34. The van der Waals surface area contributed by atoms with E-state index in [4.69, 9.17) is 9.47 Å². The Morgan fingerprint density at radius 3 is 2.42 bits per heavy atom. The lowest BCUT2D eigenvalue weighted by molar-refractivity contribution is -0.114. The molecule has 3 amide bonds. The maximum atomic E-state index is 13.2. The number of hydrogen-bond donors (Lipinski definition) is 1. The molecule has 9 nitrogen and oxygen atoms in total. The van der Waals surface area contributed by atoms with Gasteiger partial charge in [-0.25, -0.2) is 8.42 Å². The molecule has 0 bridgehead atoms. The molecule has 31 heavy (non-hydrogen) atoms. The summed E-state index contributed by atoms with van der Waals surface area (Å²) in [4.78, 5) is 38.6. The van der Waals surface area contributed by atoms with Gasteiger partial charge in [0.1, 0.15) is 0 Å². The van der Waals surface area contributed by atoms with Gasteiger partial charge in [-0.15, -0.1) is 0 Å². The summed E-state index contributed by atoms with van der Waals surface area (Å²) >= 11 is 0. The highest BCUT2D eigenvalue weighted by molar-refractivity contribution is 7.90. The van der Waals surface area contributed by atoms with E-state index in [1.54, 1.807) is 6.92 Å². The average Bonchev–Trinajstić information content (AvgIpc) is 2.93. The summed E-state index contributed by atoms with van der Waals surface area (Å²) in [6, 6.07) is 8.82. The summed E-state index contributed by atoms with van der Waals surface area (Å²) in [7, 11) is -2.53. The monoisotopic (exact) mass is 446 g/mol. The summed E-state index contributed by atoms with van der Waals surface area (Å²) in [5.41, 5.74) is 0.281. The predicted octanol–water partition coefficient (Wildman–Crippen LogP) is 2.39. The fraction of sp³-hybridized carbons (Fsp3) is 0.286. The summed E-state index contributed by atoms with van der Waals surface area (Å²) in [6.07, 6.45) is 0.945. The quantitative estimate of drug-likeness (QED) is 0.649. The molecule has 0 saturated carbocycles. The standard InChI is InChI=1S/C21H22N2O7S/c1-5-30-17-11-13(9-10-16(17)29-3)21(31(4,27)28)23-19(25)14-7-6-8-15(22-12(2)24)18(14)20(23)26/h6-11,21H,5H2,1-4H3,(H,22,24). The van der Waals surface area contributed by atoms with Crippen LogP contribution in [0.3, 0.4) is 0 Å². The molecule has 1 aliphatic rings. The zero-order valence-electron chi connectivity index (χ0n) is 17.5. The molecule has 0 spiro atoms. The highest BCUT2D eigenvalue weighted by Crippen LogP contribution is 2.39. The molecule has 1 aliphatic heterocycles. The molecule has 1 heterocycles. The van der Waals surface area contributed by atoms with Crippen LogP contribution in [0, 0.1) is 0 Å². The zero-order valence-corrected chi connectivity index (χ0v) is 18.3. The first-order chi connectivity index (χ1) is 14.6. The third-order valence-electron chi connectivity index (χ3n) is 4.67. The smallest absolute Gasteiger partial charge is 0.265 e. The zero-order chi connectivity index (χ0) is 22.9. The third-order valence-corrected chi connectivity index (χ3v) is 5.96. The lowest BCUT2D eigenvalue weighted by Crippen LogP contribution is -2.38. The minimum absolute atomic E-state index is 0.0171. The van der Waals surface area contributed by atoms with Crippen LogP contribution in [0.2, 0.25) is 0 Å². The van der Waals surface area contributed by atoms with E-state index in [0.29, 0.717) is 17.3 Å². The van der Waals surface area contributed by atoms with Gasteiger partial charge in [-0.3, -0.25) is 19.3 Å². The van der Waals surface area contributed by atoms with Crippen molar-refractivity contribution in [2.75, 3.05) is 25.3 Å². The predicted molar refractivity (Wildman–Crippen MR) is 113 cm³/mol. The second-order valence-corrected chi connectivity index (χ2v) is 9.02. The number of amides is 3. The van der Waals surface area contributed by atoms with Crippen LogP contribution < -0.4 is 14.8 Å². The van der Waals surface area contributed by atoms with Crippen LogP contribution in [0.15, 0.2) is 36.4 Å². The maximum Gasteiger partial charge on any atom is 0.265 e. The summed E-state index contributed by atoms with van der Waals surface area (Å²) < 4.78 is 36.3. The van der Waals surface area contributed by atoms with Crippen molar-refractivity contribution in [3.05, 3.63) is 53.1 Å². The van der Waals surface area contributed by atoms with E-state index in [0.717, 1.165) is 6.26 Å². The normalized spacial score (nSPS) is 14.3. The van der Waals surface area contributed by atoms with Crippen LogP contribution in [0.4, 0.5) is 5.69 Å². The van der Waals surface area contributed by atoms with Crippen LogP contribution in [0.1, 0.15) is 45.5 Å². The topological polar surface area (TPSA) is 119 Å². The van der Waals surface area contributed by atoms with Crippen molar-refractivity contribution in [3.63, 3.8) is 0 Å². The Kier molecular flexibility index (Phi) is 6.03. The molecule has 2 aromatic rings. The van der Waals surface area contributed by atoms with Gasteiger partial charge in [0.15, 0.2) is 26.7 Å². The Bertz CT molecular complexity index is 1170. The van der Waals surface area contributed by atoms with E-state index < -0.39 is 32.9 Å². The third kappa shape index (κ3) is 4.11. The van der Waals surface area contributed by atoms with Gasteiger partial charge in [0.25, 0.3) is 11.8 Å². The van der Waals surface area contributed by atoms with Crippen LogP contribution >= 0.6 is 0 Å². The van der Waals surface area contributed by atoms with Crippen molar-refractivity contribution in [2.45, 2.75) is 19.2 Å². The number of nitrogens with one attached hydrogen (secondary N) is 1. The Hall–Kier alpha value is -3.40. The summed E-state index contributed by atoms with van der Waals surface area (Å²) in [6.45, 7) is 3.33. The molecule has 0 fully saturated rings. The van der Waals surface area contributed by atoms with Gasteiger partial charge in [0.2, 0.25) is 5.91 Å². The second kappa shape index (κ2) is 8.38. The maximum absolute atomic E-state index is 13.2. The second-order valence-electron chi connectivity index (χ2n) is 6.91. The molecule has 3 rings (SSSR count). The lowest BCUT2D eigenvalue weighted by Gasteiger charge is -2.25. The van der Waals surface area contributed by atoms with Crippen LogP contribution in [0.25, 0.3) is 0 Å². The molecule has 1 N–H and O–H groups in total.